The molecule has 0 bridgehead atoms. The van der Waals surface area contributed by atoms with Crippen molar-refractivity contribution in [2.75, 3.05) is 44.7 Å². The first-order valence-corrected chi connectivity index (χ1v) is 12.1. The number of unbranched alkanes of at least 4 members (excludes halogenated alkanes) is 1. The molecule has 2 N–H and O–H groups in total. The standard InChI is InChI=1S/C27H29N3O6/c1-34-25-16-24-18(5-8-26(31)36-24)14-23(25)30-12-10-29(11-13-30)9-3-2-4-19-17-28-22-7-6-20(15-21(19)22)35-27(32)33/h5-8,14-17,28H,2-4,9-13H2,1H3,(H,32,33). The van der Waals surface area contributed by atoms with Crippen molar-refractivity contribution in [3.63, 3.8) is 0 Å². The predicted octanol–water partition coefficient (Wildman–Crippen LogP) is 4.48. The van der Waals surface area contributed by atoms with Gasteiger partial charge in [0.25, 0.3) is 0 Å². The summed E-state index contributed by atoms with van der Waals surface area (Å²) in [6.07, 6.45) is 3.73. The van der Waals surface area contributed by atoms with Crippen LogP contribution in [0.1, 0.15) is 18.4 Å². The number of methoxy groups -OCH3 is 1. The van der Waals surface area contributed by atoms with Gasteiger partial charge in [-0.05, 0) is 61.7 Å². The van der Waals surface area contributed by atoms with Gasteiger partial charge in [-0.3, -0.25) is 4.90 Å². The summed E-state index contributed by atoms with van der Waals surface area (Å²) in [7, 11) is 1.63. The van der Waals surface area contributed by atoms with Gasteiger partial charge in [-0.25, -0.2) is 9.59 Å². The second-order valence-corrected chi connectivity index (χ2v) is 8.99. The number of H-pyrrole nitrogens is 1. The lowest BCUT2D eigenvalue weighted by molar-refractivity contribution is 0.144. The van der Waals surface area contributed by atoms with Gasteiger partial charge in [0.15, 0.2) is 0 Å². The van der Waals surface area contributed by atoms with Gasteiger partial charge in [-0.15, -0.1) is 0 Å². The molecule has 0 saturated carbocycles. The molecular weight excluding hydrogens is 462 g/mol. The van der Waals surface area contributed by atoms with E-state index in [4.69, 9.17) is 19.0 Å². The number of hydrogen-bond donors (Lipinski definition) is 2. The van der Waals surface area contributed by atoms with Crippen molar-refractivity contribution >= 4 is 33.7 Å². The molecule has 0 radical (unpaired) electrons. The summed E-state index contributed by atoms with van der Waals surface area (Å²) in [6.45, 7) is 4.76. The molecule has 1 aliphatic heterocycles. The Kier molecular flexibility index (Phi) is 6.81. The van der Waals surface area contributed by atoms with Gasteiger partial charge in [0.05, 0.1) is 12.8 Å². The molecule has 4 aromatic rings. The molecule has 36 heavy (non-hydrogen) atoms. The largest absolute Gasteiger partial charge is 0.511 e. The number of rotatable bonds is 8. The van der Waals surface area contributed by atoms with E-state index >= 15 is 0 Å². The number of anilines is 1. The highest BCUT2D eigenvalue weighted by atomic mass is 16.7. The maximum Gasteiger partial charge on any atom is 0.511 e. The second-order valence-electron chi connectivity index (χ2n) is 8.99. The van der Waals surface area contributed by atoms with E-state index in [2.05, 4.69) is 14.8 Å². The third-order valence-corrected chi connectivity index (χ3v) is 6.75. The first kappa shape index (κ1) is 23.7. The first-order chi connectivity index (χ1) is 17.5. The number of carboxylic acid groups (broad SMARTS) is 1. The number of ether oxygens (including phenoxy) is 2. The molecule has 0 spiro atoms. The number of fused-ring (bicyclic) bond motifs is 2. The highest BCUT2D eigenvalue weighted by Gasteiger charge is 2.20. The summed E-state index contributed by atoms with van der Waals surface area (Å²) < 4.78 is 15.7. The molecule has 2 aromatic heterocycles. The molecule has 0 aliphatic carbocycles. The van der Waals surface area contributed by atoms with Crippen LogP contribution in [0.5, 0.6) is 11.5 Å². The van der Waals surface area contributed by atoms with E-state index in [-0.39, 0.29) is 5.63 Å². The highest BCUT2D eigenvalue weighted by molar-refractivity contribution is 5.85. The van der Waals surface area contributed by atoms with Crippen molar-refractivity contribution in [1.82, 2.24) is 9.88 Å². The molecule has 0 atom stereocenters. The summed E-state index contributed by atoms with van der Waals surface area (Å²) in [5.74, 6) is 1.04. The van der Waals surface area contributed by atoms with Crippen LogP contribution in [0.3, 0.4) is 0 Å². The highest BCUT2D eigenvalue weighted by Crippen LogP contribution is 2.33. The van der Waals surface area contributed by atoms with E-state index in [9.17, 15) is 9.59 Å². The number of benzene rings is 2. The van der Waals surface area contributed by atoms with E-state index in [1.165, 1.54) is 11.6 Å². The molecule has 2 aromatic carbocycles. The number of hydrogen-bond acceptors (Lipinski definition) is 7. The molecule has 9 nitrogen and oxygen atoms in total. The van der Waals surface area contributed by atoms with Gasteiger partial charge < -0.3 is 28.9 Å². The number of piperazine rings is 1. The monoisotopic (exact) mass is 491 g/mol. The number of nitrogens with one attached hydrogen (secondary N) is 1. The number of aryl methyl sites for hydroxylation is 1. The third kappa shape index (κ3) is 5.16. The zero-order valence-electron chi connectivity index (χ0n) is 20.2. The maximum absolute atomic E-state index is 11.5. The SMILES string of the molecule is COc1cc2oc(=O)ccc2cc1N1CCN(CCCCc2c[nH]c3ccc(OC(=O)O)cc23)CC1. The Bertz CT molecular complexity index is 1430. The number of aromatic nitrogens is 1. The van der Waals surface area contributed by atoms with Crippen molar-refractivity contribution in [2.45, 2.75) is 19.3 Å². The Morgan fingerprint density at radius 1 is 1.08 bits per heavy atom. The minimum absolute atomic E-state index is 0.335. The third-order valence-electron chi connectivity index (χ3n) is 6.75. The minimum Gasteiger partial charge on any atom is -0.494 e. The number of carbonyl (C=O) groups is 1. The number of aromatic amines is 1. The first-order valence-electron chi connectivity index (χ1n) is 12.1. The zero-order chi connectivity index (χ0) is 25.1. The van der Waals surface area contributed by atoms with Crippen molar-refractivity contribution in [2.24, 2.45) is 0 Å². The molecule has 188 valence electrons. The minimum atomic E-state index is -1.31. The van der Waals surface area contributed by atoms with Crippen LogP contribution in [-0.2, 0) is 6.42 Å². The topological polar surface area (TPSA) is 108 Å². The van der Waals surface area contributed by atoms with E-state index in [1.807, 2.05) is 18.3 Å². The van der Waals surface area contributed by atoms with Gasteiger partial charge in [-0.2, -0.15) is 0 Å². The Morgan fingerprint density at radius 3 is 2.69 bits per heavy atom. The maximum atomic E-state index is 11.5. The van der Waals surface area contributed by atoms with Crippen LogP contribution in [0.4, 0.5) is 10.5 Å². The zero-order valence-corrected chi connectivity index (χ0v) is 20.2. The Labute approximate surface area is 207 Å². The average molecular weight is 492 g/mol. The molecule has 9 heteroatoms. The van der Waals surface area contributed by atoms with Crippen LogP contribution in [0, 0.1) is 0 Å². The van der Waals surface area contributed by atoms with Crippen molar-refractivity contribution in [3.8, 4) is 11.5 Å². The molecule has 1 saturated heterocycles. The summed E-state index contributed by atoms with van der Waals surface area (Å²) in [5.41, 5.74) is 3.33. The second kappa shape index (κ2) is 10.3. The smallest absolute Gasteiger partial charge is 0.494 e. The van der Waals surface area contributed by atoms with Crippen molar-refractivity contribution < 1.29 is 23.8 Å². The fourth-order valence-electron chi connectivity index (χ4n) is 4.89. The Morgan fingerprint density at radius 2 is 1.92 bits per heavy atom. The summed E-state index contributed by atoms with van der Waals surface area (Å²) in [6, 6.07) is 12.3. The fraction of sp³-hybridized carbons (Fsp3) is 0.333. The summed E-state index contributed by atoms with van der Waals surface area (Å²) in [5, 5.41) is 10.7. The van der Waals surface area contributed by atoms with Crippen LogP contribution < -0.4 is 20.0 Å². The normalized spacial score (nSPS) is 14.4. The molecular formula is C27H29N3O6. The fourth-order valence-corrected chi connectivity index (χ4v) is 4.89. The van der Waals surface area contributed by atoms with Gasteiger partial charge >= 0.3 is 11.8 Å². The van der Waals surface area contributed by atoms with Crippen LogP contribution in [0.15, 0.2) is 57.9 Å². The van der Waals surface area contributed by atoms with Crippen LogP contribution in [0.25, 0.3) is 21.9 Å². The van der Waals surface area contributed by atoms with Gasteiger partial charge in [-0.1, -0.05) is 0 Å². The molecule has 0 amide bonds. The lowest BCUT2D eigenvalue weighted by Gasteiger charge is -2.36. The molecule has 0 unspecified atom stereocenters. The van der Waals surface area contributed by atoms with Crippen LogP contribution in [0.2, 0.25) is 0 Å². The predicted molar refractivity (Wildman–Crippen MR) is 138 cm³/mol. The molecule has 5 rings (SSSR count). The van der Waals surface area contributed by atoms with Gasteiger partial charge in [0, 0.05) is 60.8 Å². The van der Waals surface area contributed by atoms with E-state index in [0.29, 0.717) is 17.1 Å². The quantitative estimate of drug-likeness (QED) is 0.161. The van der Waals surface area contributed by atoms with E-state index < -0.39 is 6.16 Å². The van der Waals surface area contributed by atoms with Crippen LogP contribution in [-0.4, -0.2) is 61.0 Å². The van der Waals surface area contributed by atoms with E-state index in [0.717, 1.165) is 74.0 Å². The summed E-state index contributed by atoms with van der Waals surface area (Å²) >= 11 is 0. The van der Waals surface area contributed by atoms with Gasteiger partial charge in [0.2, 0.25) is 0 Å². The molecule has 1 fully saturated rings. The lowest BCUT2D eigenvalue weighted by atomic mass is 10.1. The van der Waals surface area contributed by atoms with Crippen molar-refractivity contribution in [3.05, 3.63) is 64.6 Å². The average Bonchev–Trinajstić information content (AvgIpc) is 3.28. The molecule has 3 heterocycles. The van der Waals surface area contributed by atoms with Crippen molar-refractivity contribution in [1.29, 1.82) is 0 Å². The Hall–Kier alpha value is -3.98. The molecule has 1 aliphatic rings. The lowest BCUT2D eigenvalue weighted by Crippen LogP contribution is -2.46. The van der Waals surface area contributed by atoms with Crippen LogP contribution >= 0.6 is 0 Å². The number of nitrogens with zero attached hydrogens (tertiary/aromatic N) is 2. The Balaban J connectivity index is 1.14. The summed E-state index contributed by atoms with van der Waals surface area (Å²) in [4.78, 5) is 30.4. The van der Waals surface area contributed by atoms with E-state index in [1.54, 1.807) is 31.4 Å². The van der Waals surface area contributed by atoms with Gasteiger partial charge in [0.1, 0.15) is 17.1 Å².